The highest BCUT2D eigenvalue weighted by atomic mass is 79.9. The van der Waals surface area contributed by atoms with Gasteiger partial charge in [0.1, 0.15) is 12.4 Å². The van der Waals surface area contributed by atoms with Crippen molar-refractivity contribution in [3.05, 3.63) is 57.8 Å². The number of methoxy groups -OCH3 is 1. The van der Waals surface area contributed by atoms with Crippen LogP contribution in [-0.2, 0) is 12.5 Å². The highest BCUT2D eigenvalue weighted by Crippen LogP contribution is 2.31. The third kappa shape index (κ3) is 3.44. The van der Waals surface area contributed by atoms with Crippen molar-refractivity contribution in [3.63, 3.8) is 0 Å². The first-order chi connectivity index (χ1) is 9.65. The third-order valence-corrected chi connectivity index (χ3v) is 3.70. The first kappa shape index (κ1) is 15.1. The molecule has 0 aromatic heterocycles. The number of hydrogen-bond donors (Lipinski definition) is 0. The van der Waals surface area contributed by atoms with Crippen molar-refractivity contribution in [1.82, 2.24) is 0 Å². The van der Waals surface area contributed by atoms with Gasteiger partial charge in [-0.1, -0.05) is 18.2 Å². The first-order valence-electron chi connectivity index (χ1n) is 5.94. The topological polar surface area (TPSA) is 18.5 Å². The van der Waals surface area contributed by atoms with Crippen LogP contribution >= 0.6 is 27.5 Å². The molecule has 0 heterocycles. The lowest BCUT2D eigenvalue weighted by molar-refractivity contribution is 0.300. The quantitative estimate of drug-likeness (QED) is 0.706. The van der Waals surface area contributed by atoms with Gasteiger partial charge in [0.25, 0.3) is 0 Å². The van der Waals surface area contributed by atoms with Crippen molar-refractivity contribution >= 4 is 27.5 Å². The van der Waals surface area contributed by atoms with Crippen LogP contribution in [0.3, 0.4) is 0 Å². The second kappa shape index (κ2) is 6.95. The predicted octanol–water partition coefficient (Wildman–Crippen LogP) is 4.91. The Balaban J connectivity index is 2.15. The van der Waals surface area contributed by atoms with E-state index in [1.807, 2.05) is 18.2 Å². The molecule has 0 aliphatic heterocycles. The van der Waals surface area contributed by atoms with Gasteiger partial charge in [-0.2, -0.15) is 0 Å². The van der Waals surface area contributed by atoms with Crippen molar-refractivity contribution < 1.29 is 13.9 Å². The van der Waals surface area contributed by atoms with Gasteiger partial charge in [-0.05, 0) is 39.7 Å². The van der Waals surface area contributed by atoms with E-state index in [1.54, 1.807) is 12.1 Å². The Morgan fingerprint density at radius 2 is 2.05 bits per heavy atom. The SMILES string of the molecule is COc1ccc(COc2c(Br)cccc2CCl)cc1F. The second-order valence-electron chi connectivity index (χ2n) is 4.12. The van der Waals surface area contributed by atoms with Crippen molar-refractivity contribution in [2.75, 3.05) is 7.11 Å². The Bertz CT molecular complexity index is 604. The molecular formula is C15H13BrClFO2. The van der Waals surface area contributed by atoms with Crippen LogP contribution in [0.1, 0.15) is 11.1 Å². The summed E-state index contributed by atoms with van der Waals surface area (Å²) in [5.41, 5.74) is 1.61. The summed E-state index contributed by atoms with van der Waals surface area (Å²) in [5, 5.41) is 0. The molecule has 0 saturated carbocycles. The minimum absolute atomic E-state index is 0.219. The van der Waals surface area contributed by atoms with Crippen molar-refractivity contribution in [1.29, 1.82) is 0 Å². The fourth-order valence-electron chi connectivity index (χ4n) is 1.78. The molecule has 0 aliphatic rings. The molecule has 5 heteroatoms. The zero-order valence-electron chi connectivity index (χ0n) is 10.8. The van der Waals surface area contributed by atoms with E-state index >= 15 is 0 Å². The Labute approximate surface area is 130 Å². The Morgan fingerprint density at radius 3 is 2.70 bits per heavy atom. The van der Waals surface area contributed by atoms with E-state index in [0.717, 1.165) is 15.6 Å². The second-order valence-corrected chi connectivity index (χ2v) is 5.24. The van der Waals surface area contributed by atoms with Crippen molar-refractivity contribution in [3.8, 4) is 11.5 Å². The number of ether oxygens (including phenoxy) is 2. The molecule has 0 spiro atoms. The van der Waals surface area contributed by atoms with E-state index in [1.165, 1.54) is 13.2 Å². The minimum atomic E-state index is -0.404. The number of alkyl halides is 1. The largest absolute Gasteiger partial charge is 0.494 e. The lowest BCUT2D eigenvalue weighted by Gasteiger charge is -2.12. The van der Waals surface area contributed by atoms with E-state index < -0.39 is 5.82 Å². The Morgan fingerprint density at radius 1 is 1.25 bits per heavy atom. The summed E-state index contributed by atoms with van der Waals surface area (Å²) >= 11 is 9.29. The third-order valence-electron chi connectivity index (χ3n) is 2.79. The van der Waals surface area contributed by atoms with Crippen LogP contribution in [0.5, 0.6) is 11.5 Å². The van der Waals surface area contributed by atoms with Gasteiger partial charge in [0.15, 0.2) is 11.6 Å². The number of benzene rings is 2. The Hall–Kier alpha value is -1.26. The predicted molar refractivity (Wildman–Crippen MR) is 81.0 cm³/mol. The van der Waals surface area contributed by atoms with Crippen molar-refractivity contribution in [2.45, 2.75) is 12.5 Å². The van der Waals surface area contributed by atoms with Crippen LogP contribution in [0, 0.1) is 5.82 Å². The molecule has 0 bridgehead atoms. The molecule has 0 atom stereocenters. The monoisotopic (exact) mass is 358 g/mol. The lowest BCUT2D eigenvalue weighted by atomic mass is 10.2. The summed E-state index contributed by atoms with van der Waals surface area (Å²) in [5.74, 6) is 0.847. The highest BCUT2D eigenvalue weighted by Gasteiger charge is 2.09. The summed E-state index contributed by atoms with van der Waals surface area (Å²) < 4.78 is 25.0. The molecule has 106 valence electrons. The van der Waals surface area contributed by atoms with Crippen LogP contribution in [0.2, 0.25) is 0 Å². The number of para-hydroxylation sites is 1. The fourth-order valence-corrected chi connectivity index (χ4v) is 2.51. The van der Waals surface area contributed by atoms with Gasteiger partial charge in [0.2, 0.25) is 0 Å². The number of halogens is 3. The van der Waals surface area contributed by atoms with Crippen molar-refractivity contribution in [2.24, 2.45) is 0 Å². The van der Waals surface area contributed by atoms with E-state index in [0.29, 0.717) is 11.6 Å². The fraction of sp³-hybridized carbons (Fsp3) is 0.200. The molecule has 0 radical (unpaired) electrons. The summed E-state index contributed by atoms with van der Waals surface area (Å²) in [7, 11) is 1.43. The summed E-state index contributed by atoms with van der Waals surface area (Å²) in [6.07, 6.45) is 0. The molecule has 0 fully saturated rings. The molecule has 2 aromatic rings. The maximum Gasteiger partial charge on any atom is 0.165 e. The average Bonchev–Trinajstić information content (AvgIpc) is 2.46. The molecule has 20 heavy (non-hydrogen) atoms. The van der Waals surface area contributed by atoms with Crippen LogP contribution < -0.4 is 9.47 Å². The van der Waals surface area contributed by atoms with E-state index in [4.69, 9.17) is 21.1 Å². The standard InChI is InChI=1S/C15H13BrClFO2/c1-19-14-6-5-10(7-13(14)18)9-20-15-11(8-17)3-2-4-12(15)16/h2-7H,8-9H2,1H3. The molecule has 2 rings (SSSR count). The Kier molecular flexibility index (Phi) is 5.26. The molecular weight excluding hydrogens is 347 g/mol. The molecule has 0 amide bonds. The molecule has 0 saturated heterocycles. The smallest absolute Gasteiger partial charge is 0.165 e. The summed E-state index contributed by atoms with van der Waals surface area (Å²) in [4.78, 5) is 0. The zero-order valence-corrected chi connectivity index (χ0v) is 13.2. The average molecular weight is 360 g/mol. The maximum atomic E-state index is 13.6. The summed E-state index contributed by atoms with van der Waals surface area (Å²) in [6, 6.07) is 10.4. The van der Waals surface area contributed by atoms with Gasteiger partial charge < -0.3 is 9.47 Å². The number of rotatable bonds is 5. The van der Waals surface area contributed by atoms with E-state index in [9.17, 15) is 4.39 Å². The maximum absolute atomic E-state index is 13.6. The molecule has 2 aromatic carbocycles. The van der Waals surface area contributed by atoms with E-state index in [2.05, 4.69) is 15.9 Å². The zero-order chi connectivity index (χ0) is 14.5. The van der Waals surface area contributed by atoms with Crippen LogP contribution in [0.4, 0.5) is 4.39 Å². The first-order valence-corrected chi connectivity index (χ1v) is 7.27. The summed E-state index contributed by atoms with van der Waals surface area (Å²) in [6.45, 7) is 0.257. The number of hydrogen-bond acceptors (Lipinski definition) is 2. The molecule has 0 aliphatic carbocycles. The van der Waals surface area contributed by atoms with E-state index in [-0.39, 0.29) is 12.4 Å². The van der Waals surface area contributed by atoms with Gasteiger partial charge in [-0.15, -0.1) is 11.6 Å². The minimum Gasteiger partial charge on any atom is -0.494 e. The van der Waals surface area contributed by atoms with Gasteiger partial charge in [-0.25, -0.2) is 4.39 Å². The lowest BCUT2D eigenvalue weighted by Crippen LogP contribution is -2.00. The van der Waals surface area contributed by atoms with Crippen LogP contribution in [0.15, 0.2) is 40.9 Å². The van der Waals surface area contributed by atoms with Gasteiger partial charge >= 0.3 is 0 Å². The van der Waals surface area contributed by atoms with Gasteiger partial charge in [0.05, 0.1) is 17.5 Å². The van der Waals surface area contributed by atoms with Crippen LogP contribution in [0.25, 0.3) is 0 Å². The van der Waals surface area contributed by atoms with Crippen LogP contribution in [-0.4, -0.2) is 7.11 Å². The molecule has 2 nitrogen and oxygen atoms in total. The molecule has 0 N–H and O–H groups in total. The highest BCUT2D eigenvalue weighted by molar-refractivity contribution is 9.10. The normalized spacial score (nSPS) is 10.4. The van der Waals surface area contributed by atoms with Gasteiger partial charge in [-0.3, -0.25) is 0 Å². The molecule has 0 unspecified atom stereocenters. The van der Waals surface area contributed by atoms with Gasteiger partial charge in [0, 0.05) is 5.56 Å².